The van der Waals surface area contributed by atoms with Crippen molar-refractivity contribution in [1.82, 2.24) is 29.8 Å². The summed E-state index contributed by atoms with van der Waals surface area (Å²) < 4.78 is 12.5. The summed E-state index contributed by atoms with van der Waals surface area (Å²) >= 11 is 0. The minimum Gasteiger partial charge on any atom is -0.480 e. The number of carbonyl (C=O) groups is 1. The van der Waals surface area contributed by atoms with Crippen LogP contribution in [0.15, 0.2) is 24.7 Å². The topological polar surface area (TPSA) is 157 Å². The molecule has 12 nitrogen and oxygen atoms in total. The van der Waals surface area contributed by atoms with Gasteiger partial charge in [0.2, 0.25) is 5.88 Å². The minimum atomic E-state index is -1.41. The van der Waals surface area contributed by atoms with E-state index in [0.29, 0.717) is 40.8 Å². The second kappa shape index (κ2) is 8.41. The summed E-state index contributed by atoms with van der Waals surface area (Å²) in [5.41, 5.74) is 1.33. The number of aliphatic hydroxyl groups excluding tert-OH is 2. The molecule has 0 radical (unpaired) electrons. The van der Waals surface area contributed by atoms with Crippen LogP contribution in [0.25, 0.3) is 22.6 Å². The van der Waals surface area contributed by atoms with Gasteiger partial charge in [-0.15, -0.1) is 0 Å². The molecule has 4 heterocycles. The van der Waals surface area contributed by atoms with Crippen molar-refractivity contribution >= 4 is 22.9 Å². The van der Waals surface area contributed by atoms with E-state index in [-0.39, 0.29) is 0 Å². The molecule has 0 aromatic carbocycles. The van der Waals surface area contributed by atoms with Gasteiger partial charge in [0, 0.05) is 19.8 Å². The van der Waals surface area contributed by atoms with Crippen LogP contribution in [0.1, 0.15) is 13.2 Å². The average molecular weight is 429 g/mol. The average Bonchev–Trinajstić information content (AvgIpc) is 3.34. The number of anilines is 1. The first-order valence-corrected chi connectivity index (χ1v) is 9.71. The number of nitrogens with zero attached hydrogens (tertiary/aromatic N) is 5. The summed E-state index contributed by atoms with van der Waals surface area (Å²) in [4.78, 5) is 29.8. The summed E-state index contributed by atoms with van der Waals surface area (Å²) in [6.07, 6.45) is -2.05. The fraction of sp³-hybridized carbons (Fsp3) is 0.421. The molecule has 0 aliphatic carbocycles. The molecule has 0 saturated carbocycles. The van der Waals surface area contributed by atoms with Gasteiger partial charge in [-0.2, -0.15) is 0 Å². The molecule has 164 valence electrons. The largest absolute Gasteiger partial charge is 0.480 e. The van der Waals surface area contributed by atoms with Crippen LogP contribution in [0, 0.1) is 0 Å². The van der Waals surface area contributed by atoms with Crippen molar-refractivity contribution in [1.29, 1.82) is 0 Å². The molecule has 1 aliphatic rings. The Hall–Kier alpha value is -3.35. The van der Waals surface area contributed by atoms with Crippen LogP contribution >= 0.6 is 0 Å². The Labute approximate surface area is 177 Å². The zero-order valence-corrected chi connectivity index (χ0v) is 17.2. The van der Waals surface area contributed by atoms with Gasteiger partial charge in [0.15, 0.2) is 35.1 Å². The molecule has 1 aliphatic heterocycles. The Balaban J connectivity index is 1.80. The number of nitrogens with one attached hydrogen (secondary N) is 2. The Morgan fingerprint density at radius 1 is 1.29 bits per heavy atom. The molecule has 0 spiro atoms. The first kappa shape index (κ1) is 20.9. The van der Waals surface area contributed by atoms with Crippen molar-refractivity contribution in [2.75, 3.05) is 26.0 Å². The summed E-state index contributed by atoms with van der Waals surface area (Å²) in [5, 5.41) is 26.5. The maximum atomic E-state index is 12.2. The monoisotopic (exact) mass is 429 g/mol. The standard InChI is InChI=1S/C19H23N7O5/c1-4-21-17(29)13-11(27)12(28)19(31-13)26-8-23-10-15(20-2)24-14(25-16(10)26)9-6-5-7-22-18(9)30-3/h5-8,11-13,19,27-28H,4H2,1-3H3,(H,21,29)(H,20,24,25). The number of ether oxygens (including phenoxy) is 2. The van der Waals surface area contributed by atoms with Gasteiger partial charge in [0.05, 0.1) is 19.0 Å². The molecule has 1 amide bonds. The second-order valence-electron chi connectivity index (χ2n) is 6.85. The predicted molar refractivity (Wildman–Crippen MR) is 109 cm³/mol. The van der Waals surface area contributed by atoms with Crippen molar-refractivity contribution in [3.8, 4) is 17.3 Å². The Morgan fingerprint density at radius 2 is 2.10 bits per heavy atom. The number of hydrogen-bond donors (Lipinski definition) is 4. The highest BCUT2D eigenvalue weighted by Gasteiger charge is 2.47. The van der Waals surface area contributed by atoms with Gasteiger partial charge in [-0.05, 0) is 19.1 Å². The van der Waals surface area contributed by atoms with E-state index in [0.717, 1.165) is 0 Å². The number of aliphatic hydroxyl groups is 2. The van der Waals surface area contributed by atoms with Gasteiger partial charge in [0.25, 0.3) is 5.91 Å². The number of aromatic nitrogens is 5. The molecule has 12 heteroatoms. The fourth-order valence-corrected chi connectivity index (χ4v) is 3.50. The minimum absolute atomic E-state index is 0.317. The number of rotatable bonds is 6. The van der Waals surface area contributed by atoms with Crippen LogP contribution in [0.5, 0.6) is 5.88 Å². The number of methoxy groups -OCH3 is 1. The van der Waals surface area contributed by atoms with Gasteiger partial charge in [-0.25, -0.2) is 19.9 Å². The molecule has 4 atom stereocenters. The first-order chi connectivity index (χ1) is 15.0. The lowest BCUT2D eigenvalue weighted by Gasteiger charge is -2.17. The third-order valence-electron chi connectivity index (χ3n) is 4.99. The van der Waals surface area contributed by atoms with E-state index < -0.39 is 30.4 Å². The SMILES string of the molecule is CCNC(=O)C1OC(n2cnc3c(NC)nc(-c4cccnc4OC)nc32)C(O)C1O. The summed E-state index contributed by atoms with van der Waals surface area (Å²) in [6, 6.07) is 3.50. The van der Waals surface area contributed by atoms with Crippen molar-refractivity contribution < 1.29 is 24.5 Å². The molecule has 1 saturated heterocycles. The van der Waals surface area contributed by atoms with Gasteiger partial charge in [0.1, 0.15) is 12.2 Å². The maximum absolute atomic E-state index is 12.2. The van der Waals surface area contributed by atoms with Gasteiger partial charge >= 0.3 is 0 Å². The van der Waals surface area contributed by atoms with E-state index in [1.54, 1.807) is 32.3 Å². The third-order valence-corrected chi connectivity index (χ3v) is 4.99. The Kier molecular flexibility index (Phi) is 5.67. The highest BCUT2D eigenvalue weighted by atomic mass is 16.6. The number of hydrogen-bond acceptors (Lipinski definition) is 10. The van der Waals surface area contributed by atoms with Gasteiger partial charge in [-0.1, -0.05) is 0 Å². The zero-order chi connectivity index (χ0) is 22.1. The molecule has 4 rings (SSSR count). The Bertz CT molecular complexity index is 1100. The highest BCUT2D eigenvalue weighted by molar-refractivity contribution is 5.86. The normalized spacial score (nSPS) is 23.1. The number of carbonyl (C=O) groups excluding carboxylic acids is 1. The lowest BCUT2D eigenvalue weighted by Crippen LogP contribution is -2.42. The Morgan fingerprint density at radius 3 is 2.81 bits per heavy atom. The van der Waals surface area contributed by atoms with Gasteiger partial charge < -0.3 is 30.3 Å². The third kappa shape index (κ3) is 3.54. The van der Waals surface area contributed by atoms with Crippen LogP contribution < -0.4 is 15.4 Å². The van der Waals surface area contributed by atoms with Crippen LogP contribution in [0.3, 0.4) is 0 Å². The number of imidazole rings is 1. The van der Waals surface area contributed by atoms with Crippen molar-refractivity contribution in [3.63, 3.8) is 0 Å². The van der Waals surface area contributed by atoms with Crippen molar-refractivity contribution in [3.05, 3.63) is 24.7 Å². The van der Waals surface area contributed by atoms with E-state index in [1.807, 2.05) is 0 Å². The fourth-order valence-electron chi connectivity index (χ4n) is 3.50. The summed E-state index contributed by atoms with van der Waals surface area (Å²) in [7, 11) is 3.19. The number of likely N-dealkylation sites (N-methyl/N-ethyl adjacent to an activating group) is 1. The quantitative estimate of drug-likeness (QED) is 0.410. The van der Waals surface area contributed by atoms with Crippen LogP contribution in [0.2, 0.25) is 0 Å². The summed E-state index contributed by atoms with van der Waals surface area (Å²) in [6.45, 7) is 2.12. The maximum Gasteiger partial charge on any atom is 0.252 e. The molecule has 0 bridgehead atoms. The van der Waals surface area contributed by atoms with Crippen LogP contribution in [-0.2, 0) is 9.53 Å². The van der Waals surface area contributed by atoms with E-state index in [9.17, 15) is 15.0 Å². The molecular formula is C19H23N7O5. The van der Waals surface area contributed by atoms with E-state index in [2.05, 4.69) is 30.6 Å². The van der Waals surface area contributed by atoms with E-state index in [1.165, 1.54) is 18.0 Å². The smallest absolute Gasteiger partial charge is 0.252 e. The van der Waals surface area contributed by atoms with E-state index in [4.69, 9.17) is 9.47 Å². The lowest BCUT2D eigenvalue weighted by atomic mass is 10.1. The number of pyridine rings is 1. The molecule has 4 unspecified atom stereocenters. The summed E-state index contributed by atoms with van der Waals surface area (Å²) in [5.74, 6) is 0.598. The highest BCUT2D eigenvalue weighted by Crippen LogP contribution is 2.34. The molecule has 1 fully saturated rings. The van der Waals surface area contributed by atoms with Crippen LogP contribution in [-0.4, -0.2) is 79.6 Å². The predicted octanol–water partition coefficient (Wildman–Crippen LogP) is -0.306. The van der Waals surface area contributed by atoms with Crippen molar-refractivity contribution in [2.24, 2.45) is 0 Å². The lowest BCUT2D eigenvalue weighted by molar-refractivity contribution is -0.137. The molecular weight excluding hydrogens is 406 g/mol. The molecule has 4 N–H and O–H groups in total. The van der Waals surface area contributed by atoms with E-state index >= 15 is 0 Å². The first-order valence-electron chi connectivity index (χ1n) is 9.71. The number of amides is 1. The molecule has 31 heavy (non-hydrogen) atoms. The number of fused-ring (bicyclic) bond motifs is 1. The molecule has 3 aromatic heterocycles. The molecule has 3 aromatic rings. The van der Waals surface area contributed by atoms with Gasteiger partial charge in [-0.3, -0.25) is 9.36 Å². The van der Waals surface area contributed by atoms with Crippen LogP contribution in [0.4, 0.5) is 5.82 Å². The zero-order valence-electron chi connectivity index (χ0n) is 17.2. The van der Waals surface area contributed by atoms with Crippen molar-refractivity contribution in [2.45, 2.75) is 31.5 Å². The second-order valence-corrected chi connectivity index (χ2v) is 6.85.